The minimum atomic E-state index is 0.0383. The predicted molar refractivity (Wildman–Crippen MR) is 82.2 cm³/mol. The number of carbonyl (C=O) groups excluding carboxylic acids is 1. The number of benzene rings is 1. The van der Waals surface area contributed by atoms with Crippen molar-refractivity contribution in [3.05, 3.63) is 32.4 Å². The minimum Gasteiger partial charge on any atom is -0.337 e. The maximum atomic E-state index is 12.4. The van der Waals surface area contributed by atoms with Crippen LogP contribution in [0.5, 0.6) is 0 Å². The van der Waals surface area contributed by atoms with Crippen molar-refractivity contribution in [2.75, 3.05) is 20.1 Å². The highest BCUT2D eigenvalue weighted by Crippen LogP contribution is 2.22. The summed E-state index contributed by atoms with van der Waals surface area (Å²) >= 11 is 8.34. The van der Waals surface area contributed by atoms with E-state index in [1.165, 1.54) is 0 Å². The zero-order valence-electron chi connectivity index (χ0n) is 10.2. The van der Waals surface area contributed by atoms with E-state index in [9.17, 15) is 4.79 Å². The molecule has 1 saturated heterocycles. The topological polar surface area (TPSA) is 32.3 Å². The molecule has 3 nitrogen and oxygen atoms in total. The average molecular weight is 379 g/mol. The second-order valence-corrected chi connectivity index (χ2v) is 6.16. The highest BCUT2D eigenvalue weighted by molar-refractivity contribution is 14.1. The standard InChI is InChI=1S/C13H16ClIN2O/c1-16-10-3-2-6-17(8-10)13(18)11-5-4-9(15)7-12(11)14/h4-5,7,10,16H,2-3,6,8H2,1H3. The molecule has 0 aromatic heterocycles. The minimum absolute atomic E-state index is 0.0383. The lowest BCUT2D eigenvalue weighted by molar-refractivity contribution is 0.0698. The molecule has 1 aliphatic rings. The first-order valence-corrected chi connectivity index (χ1v) is 7.49. The summed E-state index contributed by atoms with van der Waals surface area (Å²) in [5.41, 5.74) is 0.605. The Kier molecular flexibility index (Phi) is 4.86. The fourth-order valence-electron chi connectivity index (χ4n) is 2.23. The molecule has 98 valence electrons. The molecular formula is C13H16ClIN2O. The highest BCUT2D eigenvalue weighted by atomic mass is 127. The molecule has 2 rings (SSSR count). The quantitative estimate of drug-likeness (QED) is 0.803. The summed E-state index contributed by atoms with van der Waals surface area (Å²) in [6, 6.07) is 5.95. The molecule has 5 heteroatoms. The van der Waals surface area contributed by atoms with E-state index in [-0.39, 0.29) is 5.91 Å². The van der Waals surface area contributed by atoms with Gasteiger partial charge >= 0.3 is 0 Å². The van der Waals surface area contributed by atoms with Crippen molar-refractivity contribution in [1.29, 1.82) is 0 Å². The lowest BCUT2D eigenvalue weighted by atomic mass is 10.0. The van der Waals surface area contributed by atoms with Gasteiger partial charge in [-0.15, -0.1) is 0 Å². The fourth-order valence-corrected chi connectivity index (χ4v) is 3.17. The van der Waals surface area contributed by atoms with E-state index >= 15 is 0 Å². The second-order valence-electron chi connectivity index (χ2n) is 4.50. The van der Waals surface area contributed by atoms with Gasteiger partial charge in [-0.1, -0.05) is 11.6 Å². The molecule has 0 aliphatic carbocycles. The summed E-state index contributed by atoms with van der Waals surface area (Å²) in [4.78, 5) is 14.3. The number of likely N-dealkylation sites (N-methyl/N-ethyl adjacent to an activating group) is 1. The molecule has 0 radical (unpaired) electrons. The van der Waals surface area contributed by atoms with E-state index < -0.39 is 0 Å². The van der Waals surface area contributed by atoms with E-state index in [0.29, 0.717) is 16.6 Å². The Labute approximate surface area is 126 Å². The van der Waals surface area contributed by atoms with Crippen LogP contribution in [0.2, 0.25) is 5.02 Å². The van der Waals surface area contributed by atoms with Crippen LogP contribution in [0, 0.1) is 3.57 Å². The Hall–Kier alpha value is -0.330. The van der Waals surface area contributed by atoms with Gasteiger partial charge in [0.15, 0.2) is 0 Å². The number of hydrogen-bond donors (Lipinski definition) is 1. The Bertz CT molecular complexity index is 453. The van der Waals surface area contributed by atoms with Crippen LogP contribution in [-0.4, -0.2) is 37.0 Å². The average Bonchev–Trinajstić information content (AvgIpc) is 2.38. The van der Waals surface area contributed by atoms with Gasteiger partial charge in [0.05, 0.1) is 10.6 Å². The van der Waals surface area contributed by atoms with E-state index in [0.717, 1.165) is 29.5 Å². The van der Waals surface area contributed by atoms with Crippen LogP contribution in [0.25, 0.3) is 0 Å². The zero-order valence-corrected chi connectivity index (χ0v) is 13.2. The SMILES string of the molecule is CNC1CCCN(C(=O)c2ccc(I)cc2Cl)C1. The number of rotatable bonds is 2. The van der Waals surface area contributed by atoms with Crippen LogP contribution in [-0.2, 0) is 0 Å². The van der Waals surface area contributed by atoms with Gasteiger partial charge < -0.3 is 10.2 Å². The number of amides is 1. The van der Waals surface area contributed by atoms with Crippen LogP contribution in [0.15, 0.2) is 18.2 Å². The van der Waals surface area contributed by atoms with Crippen molar-refractivity contribution in [3.8, 4) is 0 Å². The first-order valence-electron chi connectivity index (χ1n) is 6.03. The number of carbonyl (C=O) groups is 1. The van der Waals surface area contributed by atoms with E-state index in [1.54, 1.807) is 0 Å². The summed E-state index contributed by atoms with van der Waals surface area (Å²) in [5.74, 6) is 0.0383. The summed E-state index contributed by atoms with van der Waals surface area (Å²) in [5, 5.41) is 3.78. The van der Waals surface area contributed by atoms with Crippen molar-refractivity contribution in [2.45, 2.75) is 18.9 Å². The smallest absolute Gasteiger partial charge is 0.255 e. The fraction of sp³-hybridized carbons (Fsp3) is 0.462. The molecule has 0 saturated carbocycles. The third-order valence-corrected chi connectivity index (χ3v) is 4.26. The zero-order chi connectivity index (χ0) is 13.1. The Morgan fingerprint density at radius 1 is 1.56 bits per heavy atom. The van der Waals surface area contributed by atoms with Gasteiger partial charge in [0, 0.05) is 22.7 Å². The number of hydrogen-bond acceptors (Lipinski definition) is 2. The molecule has 0 bridgehead atoms. The van der Waals surface area contributed by atoms with Crippen molar-refractivity contribution < 1.29 is 4.79 Å². The molecule has 18 heavy (non-hydrogen) atoms. The Balaban J connectivity index is 2.15. The Morgan fingerprint density at radius 3 is 3.00 bits per heavy atom. The first-order chi connectivity index (χ1) is 8.61. The van der Waals surface area contributed by atoms with E-state index in [1.807, 2.05) is 30.1 Å². The number of halogens is 2. The first kappa shape index (κ1) is 14.1. The molecule has 1 aromatic rings. The third-order valence-electron chi connectivity index (χ3n) is 3.28. The molecule has 1 amide bonds. The van der Waals surface area contributed by atoms with Gasteiger partial charge in [-0.2, -0.15) is 0 Å². The van der Waals surface area contributed by atoms with Gasteiger partial charge in [0.2, 0.25) is 0 Å². The summed E-state index contributed by atoms with van der Waals surface area (Å²) in [6.45, 7) is 1.58. The van der Waals surface area contributed by atoms with Gasteiger partial charge in [-0.3, -0.25) is 4.79 Å². The predicted octanol–water partition coefficient (Wildman–Crippen LogP) is 2.77. The van der Waals surface area contributed by atoms with Crippen molar-refractivity contribution >= 4 is 40.1 Å². The summed E-state index contributed by atoms with van der Waals surface area (Å²) in [6.07, 6.45) is 2.17. The van der Waals surface area contributed by atoms with Crippen LogP contribution in [0.4, 0.5) is 0 Å². The van der Waals surface area contributed by atoms with Gasteiger partial charge in [-0.25, -0.2) is 0 Å². The molecule has 1 aromatic carbocycles. The van der Waals surface area contributed by atoms with Crippen LogP contribution in [0.1, 0.15) is 23.2 Å². The molecule has 1 N–H and O–H groups in total. The second kappa shape index (κ2) is 6.21. The van der Waals surface area contributed by atoms with Crippen molar-refractivity contribution in [3.63, 3.8) is 0 Å². The van der Waals surface area contributed by atoms with Crippen LogP contribution >= 0.6 is 34.2 Å². The summed E-state index contributed by atoms with van der Waals surface area (Å²) in [7, 11) is 1.94. The lowest BCUT2D eigenvalue weighted by Crippen LogP contribution is -2.47. The van der Waals surface area contributed by atoms with E-state index in [4.69, 9.17) is 11.6 Å². The maximum absolute atomic E-state index is 12.4. The van der Waals surface area contributed by atoms with Gasteiger partial charge in [-0.05, 0) is 60.7 Å². The maximum Gasteiger partial charge on any atom is 0.255 e. The number of likely N-dealkylation sites (tertiary alicyclic amines) is 1. The molecule has 1 fully saturated rings. The number of piperidine rings is 1. The van der Waals surface area contributed by atoms with E-state index in [2.05, 4.69) is 27.9 Å². The lowest BCUT2D eigenvalue weighted by Gasteiger charge is -2.32. The van der Waals surface area contributed by atoms with Crippen LogP contribution in [0.3, 0.4) is 0 Å². The van der Waals surface area contributed by atoms with Crippen molar-refractivity contribution in [2.24, 2.45) is 0 Å². The van der Waals surface area contributed by atoms with Gasteiger partial charge in [0.1, 0.15) is 0 Å². The van der Waals surface area contributed by atoms with Crippen LogP contribution < -0.4 is 5.32 Å². The third kappa shape index (κ3) is 3.16. The molecule has 1 atom stereocenters. The molecule has 1 aliphatic heterocycles. The highest BCUT2D eigenvalue weighted by Gasteiger charge is 2.24. The van der Waals surface area contributed by atoms with Gasteiger partial charge in [0.25, 0.3) is 5.91 Å². The largest absolute Gasteiger partial charge is 0.337 e. The molecule has 1 heterocycles. The molecular weight excluding hydrogens is 363 g/mol. The monoisotopic (exact) mass is 378 g/mol. The number of nitrogens with one attached hydrogen (secondary N) is 1. The Morgan fingerprint density at radius 2 is 2.33 bits per heavy atom. The summed E-state index contributed by atoms with van der Waals surface area (Å²) < 4.78 is 1.04. The van der Waals surface area contributed by atoms with Crippen molar-refractivity contribution in [1.82, 2.24) is 10.2 Å². The molecule has 0 spiro atoms. The molecule has 1 unspecified atom stereocenters. The number of nitrogens with zero attached hydrogens (tertiary/aromatic N) is 1. The normalized spacial score (nSPS) is 19.9.